The van der Waals surface area contributed by atoms with Crippen molar-refractivity contribution in [3.05, 3.63) is 24.3 Å². The molecule has 2 N–H and O–H groups in total. The molecule has 14 heavy (non-hydrogen) atoms. The van der Waals surface area contributed by atoms with E-state index in [4.69, 9.17) is 5.73 Å². The van der Waals surface area contributed by atoms with E-state index in [0.29, 0.717) is 6.54 Å². The van der Waals surface area contributed by atoms with Gasteiger partial charge in [0.15, 0.2) is 0 Å². The maximum Gasteiger partial charge on any atom is 0.0364 e. The Morgan fingerprint density at radius 1 is 1.29 bits per heavy atom. The van der Waals surface area contributed by atoms with E-state index in [1.807, 2.05) is 11.8 Å². The summed E-state index contributed by atoms with van der Waals surface area (Å²) in [5.41, 5.74) is 6.73. The Labute approximate surface area is 90.5 Å². The number of rotatable bonds is 5. The van der Waals surface area contributed by atoms with Crippen molar-refractivity contribution in [2.45, 2.75) is 11.8 Å². The van der Waals surface area contributed by atoms with E-state index in [1.165, 1.54) is 10.6 Å². The largest absolute Gasteiger partial charge is 0.373 e. The van der Waals surface area contributed by atoms with Crippen molar-refractivity contribution in [1.82, 2.24) is 0 Å². The molecule has 0 aliphatic carbocycles. The minimum atomic E-state index is 0.696. The van der Waals surface area contributed by atoms with Crippen molar-refractivity contribution >= 4 is 17.4 Å². The second-order valence-corrected chi connectivity index (χ2v) is 4.47. The molecule has 1 aromatic carbocycles. The molecule has 0 bridgehead atoms. The van der Waals surface area contributed by atoms with Crippen molar-refractivity contribution in [2.75, 3.05) is 30.8 Å². The summed E-state index contributed by atoms with van der Waals surface area (Å²) in [6.45, 7) is 3.77. The predicted octanol–water partition coefficient (Wildman–Crippen LogP) is 2.19. The Balaban J connectivity index is 2.62. The first-order valence-corrected chi connectivity index (χ1v) is 5.90. The van der Waals surface area contributed by atoms with Gasteiger partial charge in [-0.05, 0) is 30.0 Å². The van der Waals surface area contributed by atoms with Crippen molar-refractivity contribution < 1.29 is 0 Å². The van der Waals surface area contributed by atoms with Crippen LogP contribution in [0.2, 0.25) is 0 Å². The van der Waals surface area contributed by atoms with Crippen LogP contribution >= 0.6 is 11.8 Å². The van der Waals surface area contributed by atoms with Gasteiger partial charge in [0.2, 0.25) is 0 Å². The number of anilines is 1. The third kappa shape index (κ3) is 3.24. The van der Waals surface area contributed by atoms with E-state index in [2.05, 4.69) is 43.1 Å². The van der Waals surface area contributed by atoms with Gasteiger partial charge in [-0.3, -0.25) is 0 Å². The first-order valence-electron chi connectivity index (χ1n) is 4.92. The molecule has 0 aliphatic heterocycles. The van der Waals surface area contributed by atoms with Crippen LogP contribution in [0.1, 0.15) is 6.92 Å². The van der Waals surface area contributed by atoms with E-state index in [0.717, 1.165) is 12.3 Å². The third-order valence-electron chi connectivity index (χ3n) is 2.05. The van der Waals surface area contributed by atoms with Crippen molar-refractivity contribution in [2.24, 2.45) is 5.73 Å². The quantitative estimate of drug-likeness (QED) is 0.755. The molecule has 0 fully saturated rings. The van der Waals surface area contributed by atoms with Crippen LogP contribution in [0.3, 0.4) is 0 Å². The highest BCUT2D eigenvalue weighted by Crippen LogP contribution is 2.21. The van der Waals surface area contributed by atoms with Crippen LogP contribution in [-0.2, 0) is 0 Å². The van der Waals surface area contributed by atoms with Gasteiger partial charge in [-0.2, -0.15) is 0 Å². The number of likely N-dealkylation sites (N-methyl/N-ethyl adjacent to an activating group) is 1. The average Bonchev–Trinajstić information content (AvgIpc) is 2.20. The summed E-state index contributed by atoms with van der Waals surface area (Å²) in [6.07, 6.45) is 0. The smallest absolute Gasteiger partial charge is 0.0364 e. The fourth-order valence-electron chi connectivity index (χ4n) is 1.29. The summed E-state index contributed by atoms with van der Waals surface area (Å²) in [6, 6.07) is 8.62. The minimum Gasteiger partial charge on any atom is -0.373 e. The molecule has 0 radical (unpaired) electrons. The molecule has 0 unspecified atom stereocenters. The van der Waals surface area contributed by atoms with Gasteiger partial charge in [-0.15, -0.1) is 11.8 Å². The van der Waals surface area contributed by atoms with Gasteiger partial charge in [0.25, 0.3) is 0 Å². The van der Waals surface area contributed by atoms with Crippen LogP contribution in [0.15, 0.2) is 29.2 Å². The minimum absolute atomic E-state index is 0.696. The zero-order valence-electron chi connectivity index (χ0n) is 8.86. The first kappa shape index (κ1) is 11.4. The molecule has 0 spiro atoms. The summed E-state index contributed by atoms with van der Waals surface area (Å²) in [5, 5.41) is 0. The van der Waals surface area contributed by atoms with E-state index in [1.54, 1.807) is 0 Å². The highest BCUT2D eigenvalue weighted by Gasteiger charge is 1.98. The number of thioether (sulfide) groups is 1. The third-order valence-corrected chi connectivity index (χ3v) is 2.95. The average molecular weight is 210 g/mol. The highest BCUT2D eigenvalue weighted by molar-refractivity contribution is 7.99. The van der Waals surface area contributed by atoms with Crippen LogP contribution in [0.5, 0.6) is 0 Å². The lowest BCUT2D eigenvalue weighted by Crippen LogP contribution is -2.24. The molecule has 0 saturated heterocycles. The number of benzene rings is 1. The second-order valence-electron chi connectivity index (χ2n) is 3.14. The van der Waals surface area contributed by atoms with Gasteiger partial charge in [0.1, 0.15) is 0 Å². The predicted molar refractivity (Wildman–Crippen MR) is 65.2 cm³/mol. The Bertz CT molecular complexity index is 258. The lowest BCUT2D eigenvalue weighted by atomic mass is 10.3. The Hall–Kier alpha value is -0.670. The molecule has 0 aliphatic rings. The number of nitrogens with two attached hydrogens (primary N) is 1. The fraction of sp³-hybridized carbons (Fsp3) is 0.455. The molecule has 0 aromatic heterocycles. The van der Waals surface area contributed by atoms with Gasteiger partial charge in [-0.1, -0.05) is 6.92 Å². The van der Waals surface area contributed by atoms with Crippen LogP contribution < -0.4 is 10.6 Å². The molecule has 1 aromatic rings. The topological polar surface area (TPSA) is 29.3 Å². The normalized spacial score (nSPS) is 10.2. The Kier molecular flexibility index (Phi) is 4.84. The fourth-order valence-corrected chi connectivity index (χ4v) is 1.95. The maximum absolute atomic E-state index is 5.50. The summed E-state index contributed by atoms with van der Waals surface area (Å²) in [4.78, 5) is 3.50. The zero-order valence-corrected chi connectivity index (χ0v) is 9.68. The SMILES string of the molecule is CCSc1ccc(N(C)CCN)cc1. The van der Waals surface area contributed by atoms with Gasteiger partial charge >= 0.3 is 0 Å². The Morgan fingerprint density at radius 3 is 2.43 bits per heavy atom. The molecule has 0 amide bonds. The summed E-state index contributed by atoms with van der Waals surface area (Å²) >= 11 is 1.87. The van der Waals surface area contributed by atoms with Crippen LogP contribution in [0.25, 0.3) is 0 Å². The number of nitrogens with zero attached hydrogens (tertiary/aromatic N) is 1. The summed E-state index contributed by atoms with van der Waals surface area (Å²) in [7, 11) is 2.06. The molecule has 1 rings (SSSR count). The van der Waals surface area contributed by atoms with Crippen molar-refractivity contribution in [1.29, 1.82) is 0 Å². The molecule has 78 valence electrons. The maximum atomic E-state index is 5.50. The second kappa shape index (κ2) is 5.94. The highest BCUT2D eigenvalue weighted by atomic mass is 32.2. The molecule has 0 atom stereocenters. The van der Waals surface area contributed by atoms with Gasteiger partial charge < -0.3 is 10.6 Å². The van der Waals surface area contributed by atoms with E-state index in [-0.39, 0.29) is 0 Å². The standard InChI is InChI=1S/C11H18N2S/c1-3-14-11-6-4-10(5-7-11)13(2)9-8-12/h4-7H,3,8-9,12H2,1-2H3. The lowest BCUT2D eigenvalue weighted by Gasteiger charge is -2.18. The molecule has 0 saturated carbocycles. The number of hydrogen-bond acceptors (Lipinski definition) is 3. The molecule has 0 heterocycles. The van der Waals surface area contributed by atoms with E-state index < -0.39 is 0 Å². The van der Waals surface area contributed by atoms with Gasteiger partial charge in [0, 0.05) is 30.7 Å². The molecular formula is C11H18N2S. The van der Waals surface area contributed by atoms with Gasteiger partial charge in [-0.25, -0.2) is 0 Å². The monoisotopic (exact) mass is 210 g/mol. The summed E-state index contributed by atoms with van der Waals surface area (Å²) in [5.74, 6) is 1.12. The lowest BCUT2D eigenvalue weighted by molar-refractivity contribution is 0.885. The van der Waals surface area contributed by atoms with Gasteiger partial charge in [0.05, 0.1) is 0 Å². The molecular weight excluding hydrogens is 192 g/mol. The Morgan fingerprint density at radius 2 is 1.93 bits per heavy atom. The van der Waals surface area contributed by atoms with E-state index >= 15 is 0 Å². The van der Waals surface area contributed by atoms with Crippen molar-refractivity contribution in [3.63, 3.8) is 0 Å². The van der Waals surface area contributed by atoms with Crippen molar-refractivity contribution in [3.8, 4) is 0 Å². The zero-order chi connectivity index (χ0) is 10.4. The van der Waals surface area contributed by atoms with Crippen LogP contribution in [0.4, 0.5) is 5.69 Å². The molecule has 2 nitrogen and oxygen atoms in total. The summed E-state index contributed by atoms with van der Waals surface area (Å²) < 4.78 is 0. The van der Waals surface area contributed by atoms with E-state index in [9.17, 15) is 0 Å². The molecule has 3 heteroatoms. The first-order chi connectivity index (χ1) is 6.77. The van der Waals surface area contributed by atoms with Crippen LogP contribution in [-0.4, -0.2) is 25.9 Å². The van der Waals surface area contributed by atoms with Crippen LogP contribution in [0, 0.1) is 0 Å². The number of hydrogen-bond donors (Lipinski definition) is 1.